The summed E-state index contributed by atoms with van der Waals surface area (Å²) in [7, 11) is 3.69. The lowest BCUT2D eigenvalue weighted by Crippen LogP contribution is -2.50. The summed E-state index contributed by atoms with van der Waals surface area (Å²) >= 11 is 0. The Morgan fingerprint density at radius 2 is 1.79 bits per heavy atom. The number of carbonyl (C=O) groups is 1. The van der Waals surface area contributed by atoms with E-state index in [1.807, 2.05) is 47.4 Å². The van der Waals surface area contributed by atoms with Gasteiger partial charge >= 0.3 is 6.03 Å². The van der Waals surface area contributed by atoms with Crippen LogP contribution in [0.3, 0.4) is 0 Å². The molecule has 0 radical (unpaired) electrons. The second-order valence-corrected chi connectivity index (χ2v) is 6.01. The Labute approximate surface area is 142 Å². The van der Waals surface area contributed by atoms with Gasteiger partial charge in [0, 0.05) is 19.6 Å². The minimum absolute atomic E-state index is 0.0413. The number of anilines is 1. The van der Waals surface area contributed by atoms with Crippen molar-refractivity contribution in [2.45, 2.75) is 6.04 Å². The summed E-state index contributed by atoms with van der Waals surface area (Å²) in [6.07, 6.45) is 0. The molecule has 1 fully saturated rings. The molecule has 1 heterocycles. The molecule has 0 spiro atoms. The molecule has 5 nitrogen and oxygen atoms in total. The summed E-state index contributed by atoms with van der Waals surface area (Å²) in [5, 5.41) is 2.99. The maximum absolute atomic E-state index is 12.9. The van der Waals surface area contributed by atoms with E-state index >= 15 is 0 Å². The zero-order valence-electron chi connectivity index (χ0n) is 14.1. The lowest BCUT2D eigenvalue weighted by atomic mass is 10.0. The van der Waals surface area contributed by atoms with Crippen LogP contribution in [0.25, 0.3) is 0 Å². The molecule has 1 aliphatic rings. The number of methoxy groups -OCH3 is 1. The minimum Gasteiger partial charge on any atom is -0.495 e. The maximum atomic E-state index is 12.9. The third kappa shape index (κ3) is 3.51. The zero-order valence-corrected chi connectivity index (χ0v) is 14.1. The average molecular weight is 325 g/mol. The van der Waals surface area contributed by atoms with Crippen molar-refractivity contribution in [2.75, 3.05) is 39.1 Å². The van der Waals surface area contributed by atoms with Crippen LogP contribution in [0.1, 0.15) is 11.6 Å². The fraction of sp³-hybridized carbons (Fsp3) is 0.316. The highest BCUT2D eigenvalue weighted by molar-refractivity contribution is 5.91. The first-order chi connectivity index (χ1) is 11.7. The predicted molar refractivity (Wildman–Crippen MR) is 95.4 cm³/mol. The molecule has 0 bridgehead atoms. The second kappa shape index (κ2) is 7.36. The molecule has 3 rings (SSSR count). The molecule has 0 saturated carbocycles. The number of carbonyl (C=O) groups excluding carboxylic acids is 1. The molecule has 1 saturated heterocycles. The molecule has 5 heteroatoms. The number of hydrogen-bond donors (Lipinski definition) is 1. The van der Waals surface area contributed by atoms with Crippen molar-refractivity contribution in [2.24, 2.45) is 0 Å². The largest absolute Gasteiger partial charge is 0.495 e. The number of para-hydroxylation sites is 2. The van der Waals surface area contributed by atoms with Gasteiger partial charge in [0.1, 0.15) is 5.75 Å². The number of ether oxygens (including phenoxy) is 1. The van der Waals surface area contributed by atoms with Crippen molar-refractivity contribution in [1.82, 2.24) is 9.80 Å². The number of rotatable bonds is 3. The van der Waals surface area contributed by atoms with Gasteiger partial charge in [-0.15, -0.1) is 0 Å². The topological polar surface area (TPSA) is 44.8 Å². The van der Waals surface area contributed by atoms with Crippen LogP contribution in [0, 0.1) is 0 Å². The van der Waals surface area contributed by atoms with Crippen molar-refractivity contribution in [3.05, 3.63) is 60.2 Å². The molecule has 1 N–H and O–H groups in total. The number of urea groups is 1. The van der Waals surface area contributed by atoms with Gasteiger partial charge in [-0.1, -0.05) is 42.5 Å². The molecule has 2 amide bonds. The van der Waals surface area contributed by atoms with E-state index < -0.39 is 0 Å². The molecule has 1 unspecified atom stereocenters. The van der Waals surface area contributed by atoms with E-state index in [0.717, 1.165) is 18.7 Å². The molecule has 126 valence electrons. The summed E-state index contributed by atoms with van der Waals surface area (Å²) in [5.41, 5.74) is 1.84. The first-order valence-corrected chi connectivity index (χ1v) is 8.13. The molecule has 2 aromatic carbocycles. The van der Waals surface area contributed by atoms with E-state index in [4.69, 9.17) is 4.74 Å². The number of amides is 2. The van der Waals surface area contributed by atoms with E-state index in [1.165, 1.54) is 0 Å². The fourth-order valence-corrected chi connectivity index (χ4v) is 3.06. The van der Waals surface area contributed by atoms with Crippen LogP contribution < -0.4 is 10.1 Å². The molecular formula is C19H23N3O2. The van der Waals surface area contributed by atoms with Crippen LogP contribution in [0.4, 0.5) is 10.5 Å². The summed E-state index contributed by atoms with van der Waals surface area (Å²) in [5.74, 6) is 0.663. The van der Waals surface area contributed by atoms with E-state index in [0.29, 0.717) is 18.0 Å². The molecule has 0 aliphatic carbocycles. The molecular weight excluding hydrogens is 302 g/mol. The van der Waals surface area contributed by atoms with Crippen LogP contribution in [-0.4, -0.2) is 49.6 Å². The minimum atomic E-state index is -0.0959. The zero-order chi connectivity index (χ0) is 16.9. The van der Waals surface area contributed by atoms with Gasteiger partial charge in [0.15, 0.2) is 0 Å². The SMILES string of the molecule is COc1ccccc1NC(=O)N1CCN(C)CC1c1ccccc1. The van der Waals surface area contributed by atoms with Crippen molar-refractivity contribution < 1.29 is 9.53 Å². The van der Waals surface area contributed by atoms with Gasteiger partial charge in [0.05, 0.1) is 18.8 Å². The molecule has 24 heavy (non-hydrogen) atoms. The molecule has 1 aliphatic heterocycles. The Kier molecular flexibility index (Phi) is 5.01. The Balaban J connectivity index is 1.81. The molecule has 1 atom stereocenters. The number of nitrogens with one attached hydrogen (secondary N) is 1. The lowest BCUT2D eigenvalue weighted by molar-refractivity contribution is 0.116. The number of hydrogen-bond acceptors (Lipinski definition) is 3. The smallest absolute Gasteiger partial charge is 0.322 e. The van der Waals surface area contributed by atoms with Crippen molar-refractivity contribution >= 4 is 11.7 Å². The first-order valence-electron chi connectivity index (χ1n) is 8.13. The summed E-state index contributed by atoms with van der Waals surface area (Å²) in [4.78, 5) is 17.0. The molecule has 0 aromatic heterocycles. The van der Waals surface area contributed by atoms with Crippen LogP contribution in [-0.2, 0) is 0 Å². The second-order valence-electron chi connectivity index (χ2n) is 6.01. The first kappa shape index (κ1) is 16.3. The maximum Gasteiger partial charge on any atom is 0.322 e. The third-order valence-electron chi connectivity index (χ3n) is 4.38. The van der Waals surface area contributed by atoms with Crippen LogP contribution in [0.5, 0.6) is 5.75 Å². The number of benzene rings is 2. The molecule has 2 aromatic rings. The summed E-state index contributed by atoms with van der Waals surface area (Å²) < 4.78 is 5.32. The highest BCUT2D eigenvalue weighted by atomic mass is 16.5. The van der Waals surface area contributed by atoms with Crippen molar-refractivity contribution in [3.63, 3.8) is 0 Å². The quantitative estimate of drug-likeness (QED) is 0.942. The summed E-state index contributed by atoms with van der Waals surface area (Å²) in [6.45, 7) is 2.38. The van der Waals surface area contributed by atoms with Gasteiger partial charge in [-0.2, -0.15) is 0 Å². The monoisotopic (exact) mass is 325 g/mol. The lowest BCUT2D eigenvalue weighted by Gasteiger charge is -2.40. The highest BCUT2D eigenvalue weighted by Crippen LogP contribution is 2.28. The number of likely N-dealkylation sites (N-methyl/N-ethyl adjacent to an activating group) is 1. The van der Waals surface area contributed by atoms with Gasteiger partial charge in [0.25, 0.3) is 0 Å². The van der Waals surface area contributed by atoms with Crippen LogP contribution in [0.15, 0.2) is 54.6 Å². The van der Waals surface area contributed by atoms with E-state index in [2.05, 4.69) is 29.4 Å². The average Bonchev–Trinajstić information content (AvgIpc) is 2.62. The Bertz CT molecular complexity index is 690. The number of nitrogens with zero attached hydrogens (tertiary/aromatic N) is 2. The standard InChI is InChI=1S/C19H23N3O2/c1-21-12-13-22(17(14-21)15-8-4-3-5-9-15)19(23)20-16-10-6-7-11-18(16)24-2/h3-11,17H,12-14H2,1-2H3,(H,20,23). The van der Waals surface area contributed by atoms with Gasteiger partial charge in [-0.05, 0) is 24.7 Å². The van der Waals surface area contributed by atoms with E-state index in [1.54, 1.807) is 7.11 Å². The Hall–Kier alpha value is -2.53. The van der Waals surface area contributed by atoms with Crippen molar-refractivity contribution in [1.29, 1.82) is 0 Å². The van der Waals surface area contributed by atoms with Gasteiger partial charge in [-0.25, -0.2) is 4.79 Å². The van der Waals surface area contributed by atoms with Crippen LogP contribution >= 0.6 is 0 Å². The van der Waals surface area contributed by atoms with Gasteiger partial charge in [-0.3, -0.25) is 0 Å². The summed E-state index contributed by atoms with van der Waals surface area (Å²) in [6, 6.07) is 17.6. The van der Waals surface area contributed by atoms with E-state index in [-0.39, 0.29) is 12.1 Å². The van der Waals surface area contributed by atoms with E-state index in [9.17, 15) is 4.79 Å². The number of piperazine rings is 1. The van der Waals surface area contributed by atoms with Crippen LogP contribution in [0.2, 0.25) is 0 Å². The third-order valence-corrected chi connectivity index (χ3v) is 4.38. The Morgan fingerprint density at radius 1 is 1.08 bits per heavy atom. The van der Waals surface area contributed by atoms with Gasteiger partial charge < -0.3 is 19.9 Å². The van der Waals surface area contributed by atoms with Crippen molar-refractivity contribution in [3.8, 4) is 5.75 Å². The highest BCUT2D eigenvalue weighted by Gasteiger charge is 2.30. The fourth-order valence-electron chi connectivity index (χ4n) is 3.06. The normalized spacial score (nSPS) is 18.2. The Morgan fingerprint density at radius 3 is 2.54 bits per heavy atom. The van der Waals surface area contributed by atoms with Gasteiger partial charge in [0.2, 0.25) is 0 Å². The predicted octanol–water partition coefficient (Wildman–Crippen LogP) is 3.22.